The van der Waals surface area contributed by atoms with E-state index in [1.165, 1.54) is 7.11 Å². The van der Waals surface area contributed by atoms with Crippen molar-refractivity contribution in [3.8, 4) is 0 Å². The van der Waals surface area contributed by atoms with Gasteiger partial charge in [-0.25, -0.2) is 14.0 Å². The Kier molecular flexibility index (Phi) is 5.92. The molecule has 0 saturated carbocycles. The summed E-state index contributed by atoms with van der Waals surface area (Å²) in [5, 5.41) is 13.7. The summed E-state index contributed by atoms with van der Waals surface area (Å²) in [6.45, 7) is 2.21. The summed E-state index contributed by atoms with van der Waals surface area (Å²) < 4.78 is 18.4. The van der Waals surface area contributed by atoms with Crippen molar-refractivity contribution in [1.29, 1.82) is 0 Å². The molecule has 2 amide bonds. The highest BCUT2D eigenvalue weighted by Crippen LogP contribution is 2.16. The highest BCUT2D eigenvalue weighted by atomic mass is 19.1. The van der Waals surface area contributed by atoms with Crippen LogP contribution in [0.25, 0.3) is 0 Å². The van der Waals surface area contributed by atoms with E-state index in [9.17, 15) is 14.0 Å². The number of anilines is 1. The van der Waals surface area contributed by atoms with Gasteiger partial charge in [-0.3, -0.25) is 0 Å². The summed E-state index contributed by atoms with van der Waals surface area (Å²) in [4.78, 5) is 22.5. The summed E-state index contributed by atoms with van der Waals surface area (Å²) in [6.07, 6.45) is 0.652. The smallest absolute Gasteiger partial charge is 0.335 e. The number of urea groups is 1. The lowest BCUT2D eigenvalue weighted by molar-refractivity contribution is 0.0697. The van der Waals surface area contributed by atoms with Gasteiger partial charge in [0.15, 0.2) is 0 Å². The molecule has 0 spiro atoms. The number of nitrogens with one attached hydrogen (secondary N) is 2. The molecule has 0 bridgehead atoms. The molecule has 0 radical (unpaired) electrons. The molecular weight excluding hydrogens is 267 g/mol. The van der Waals surface area contributed by atoms with Gasteiger partial charge in [0.1, 0.15) is 5.82 Å². The Morgan fingerprint density at radius 2 is 2.15 bits per heavy atom. The Bertz CT molecular complexity index is 493. The number of benzene rings is 1. The number of carbonyl (C=O) groups is 2. The van der Waals surface area contributed by atoms with Crippen molar-refractivity contribution < 1.29 is 23.8 Å². The number of carboxylic acids is 1. The summed E-state index contributed by atoms with van der Waals surface area (Å²) in [5.74, 6) is -1.90. The normalized spacial score (nSPS) is 11.8. The van der Waals surface area contributed by atoms with Crippen molar-refractivity contribution in [1.82, 2.24) is 5.32 Å². The fourth-order valence-corrected chi connectivity index (χ4v) is 1.56. The zero-order valence-electron chi connectivity index (χ0n) is 11.3. The second-order valence-electron chi connectivity index (χ2n) is 4.16. The van der Waals surface area contributed by atoms with Gasteiger partial charge in [0, 0.05) is 7.11 Å². The second kappa shape index (κ2) is 7.44. The number of rotatable bonds is 6. The van der Waals surface area contributed by atoms with E-state index in [4.69, 9.17) is 9.84 Å². The van der Waals surface area contributed by atoms with Crippen molar-refractivity contribution in [2.45, 2.75) is 19.4 Å². The van der Waals surface area contributed by atoms with E-state index in [-0.39, 0.29) is 17.3 Å². The highest BCUT2D eigenvalue weighted by Gasteiger charge is 2.13. The molecule has 7 heteroatoms. The van der Waals surface area contributed by atoms with Gasteiger partial charge in [0.25, 0.3) is 0 Å². The zero-order chi connectivity index (χ0) is 15.1. The van der Waals surface area contributed by atoms with E-state index in [1.807, 2.05) is 6.92 Å². The lowest BCUT2D eigenvalue weighted by atomic mass is 10.2. The predicted octanol–water partition coefficient (Wildman–Crippen LogP) is 2.07. The molecule has 110 valence electrons. The number of amides is 2. The maximum absolute atomic E-state index is 13.5. The van der Waals surface area contributed by atoms with Gasteiger partial charge in [-0.2, -0.15) is 0 Å². The standard InChI is InChI=1S/C13H17FN2O4/c1-3-9(7-20-2)15-13(19)16-11-6-8(12(17)18)4-5-10(11)14/h4-6,9H,3,7H2,1-2H3,(H,17,18)(H2,15,16,19). The molecule has 0 saturated heterocycles. The van der Waals surface area contributed by atoms with Crippen LogP contribution in [0.3, 0.4) is 0 Å². The number of halogens is 1. The summed E-state index contributed by atoms with van der Waals surface area (Å²) in [7, 11) is 1.51. The van der Waals surface area contributed by atoms with Gasteiger partial charge < -0.3 is 20.5 Å². The maximum atomic E-state index is 13.5. The second-order valence-corrected chi connectivity index (χ2v) is 4.16. The number of aromatic carboxylic acids is 1. The minimum absolute atomic E-state index is 0.106. The molecule has 0 aliphatic carbocycles. The maximum Gasteiger partial charge on any atom is 0.335 e. The number of ether oxygens (including phenoxy) is 1. The summed E-state index contributed by atoms with van der Waals surface area (Å²) >= 11 is 0. The van der Waals surface area contributed by atoms with Gasteiger partial charge in [-0.15, -0.1) is 0 Å². The number of hydrogen-bond donors (Lipinski definition) is 3. The van der Waals surface area contributed by atoms with Gasteiger partial charge in [-0.05, 0) is 24.6 Å². The van der Waals surface area contributed by atoms with Crippen molar-refractivity contribution in [3.63, 3.8) is 0 Å². The molecule has 6 nitrogen and oxygen atoms in total. The molecule has 0 fully saturated rings. The molecule has 1 rings (SSSR count). The Hall–Kier alpha value is -2.15. The SMILES string of the molecule is CCC(COC)NC(=O)Nc1cc(C(=O)O)ccc1F. The van der Waals surface area contributed by atoms with Gasteiger partial charge >= 0.3 is 12.0 Å². The van der Waals surface area contributed by atoms with Crippen LogP contribution in [0.4, 0.5) is 14.9 Å². The first-order valence-corrected chi connectivity index (χ1v) is 6.07. The number of carbonyl (C=O) groups excluding carboxylic acids is 1. The van der Waals surface area contributed by atoms with Gasteiger partial charge in [0.2, 0.25) is 0 Å². The molecular formula is C13H17FN2O4. The molecule has 3 N–H and O–H groups in total. The van der Waals surface area contributed by atoms with Crippen LogP contribution >= 0.6 is 0 Å². The number of carboxylic acid groups (broad SMARTS) is 1. The first-order chi connectivity index (χ1) is 9.47. The van der Waals surface area contributed by atoms with Crippen LogP contribution in [-0.4, -0.2) is 36.9 Å². The summed E-state index contributed by atoms with van der Waals surface area (Å²) in [6, 6.07) is 2.36. The zero-order valence-corrected chi connectivity index (χ0v) is 11.3. The lowest BCUT2D eigenvalue weighted by Gasteiger charge is -2.16. The van der Waals surface area contributed by atoms with Crippen LogP contribution in [0.5, 0.6) is 0 Å². The Morgan fingerprint density at radius 1 is 1.45 bits per heavy atom. The first-order valence-electron chi connectivity index (χ1n) is 6.07. The average Bonchev–Trinajstić information content (AvgIpc) is 2.40. The van der Waals surface area contributed by atoms with Crippen LogP contribution in [0.1, 0.15) is 23.7 Å². The van der Waals surface area contributed by atoms with E-state index in [0.29, 0.717) is 13.0 Å². The van der Waals surface area contributed by atoms with Crippen LogP contribution in [0.15, 0.2) is 18.2 Å². The third-order valence-corrected chi connectivity index (χ3v) is 2.66. The largest absolute Gasteiger partial charge is 0.478 e. The van der Waals surface area contributed by atoms with Crippen LogP contribution in [0.2, 0.25) is 0 Å². The van der Waals surface area contributed by atoms with Gasteiger partial charge in [-0.1, -0.05) is 6.92 Å². The third-order valence-electron chi connectivity index (χ3n) is 2.66. The average molecular weight is 284 g/mol. The van der Waals surface area contributed by atoms with E-state index < -0.39 is 17.8 Å². The van der Waals surface area contributed by atoms with Crippen molar-refractivity contribution in [3.05, 3.63) is 29.6 Å². The Morgan fingerprint density at radius 3 is 2.70 bits per heavy atom. The number of methoxy groups -OCH3 is 1. The quantitative estimate of drug-likeness (QED) is 0.746. The van der Waals surface area contributed by atoms with Gasteiger partial charge in [0.05, 0.1) is 23.9 Å². The number of hydrogen-bond acceptors (Lipinski definition) is 3. The predicted molar refractivity (Wildman–Crippen MR) is 71.5 cm³/mol. The topological polar surface area (TPSA) is 87.7 Å². The molecule has 1 atom stereocenters. The monoisotopic (exact) mass is 284 g/mol. The third kappa shape index (κ3) is 4.51. The van der Waals surface area contributed by atoms with Crippen molar-refractivity contribution in [2.24, 2.45) is 0 Å². The molecule has 0 aromatic heterocycles. The van der Waals surface area contributed by atoms with Crippen LogP contribution in [0, 0.1) is 5.82 Å². The molecule has 1 aromatic carbocycles. The van der Waals surface area contributed by atoms with Crippen LogP contribution in [-0.2, 0) is 4.74 Å². The minimum Gasteiger partial charge on any atom is -0.478 e. The van der Waals surface area contributed by atoms with E-state index in [1.54, 1.807) is 0 Å². The Labute approximate surface area is 115 Å². The Balaban J connectivity index is 2.74. The molecule has 0 heterocycles. The van der Waals surface area contributed by atoms with E-state index in [2.05, 4.69) is 10.6 Å². The van der Waals surface area contributed by atoms with Crippen molar-refractivity contribution >= 4 is 17.7 Å². The fraction of sp³-hybridized carbons (Fsp3) is 0.385. The van der Waals surface area contributed by atoms with Crippen LogP contribution < -0.4 is 10.6 Å². The lowest BCUT2D eigenvalue weighted by Crippen LogP contribution is -2.40. The summed E-state index contributed by atoms with van der Waals surface area (Å²) in [5.41, 5.74) is -0.291. The first kappa shape index (κ1) is 15.9. The molecule has 1 unspecified atom stereocenters. The van der Waals surface area contributed by atoms with E-state index in [0.717, 1.165) is 18.2 Å². The molecule has 1 aromatic rings. The minimum atomic E-state index is -1.20. The highest BCUT2D eigenvalue weighted by molar-refractivity contribution is 5.93. The van der Waals surface area contributed by atoms with Crippen molar-refractivity contribution in [2.75, 3.05) is 19.0 Å². The molecule has 0 aliphatic rings. The molecule has 20 heavy (non-hydrogen) atoms. The fourth-order valence-electron chi connectivity index (χ4n) is 1.56. The molecule has 0 aliphatic heterocycles. The van der Waals surface area contributed by atoms with E-state index >= 15 is 0 Å².